The predicted molar refractivity (Wildman–Crippen MR) is 87.3 cm³/mol. The number of rotatable bonds is 4. The highest BCUT2D eigenvalue weighted by Gasteiger charge is 2.11. The smallest absolute Gasteiger partial charge is 0.357 e. The van der Waals surface area contributed by atoms with Gasteiger partial charge in [0, 0.05) is 17.7 Å². The maximum atomic E-state index is 12.1. The van der Waals surface area contributed by atoms with Gasteiger partial charge in [0.1, 0.15) is 12.3 Å². The maximum Gasteiger partial charge on any atom is 0.357 e. The molecule has 0 aliphatic carbocycles. The van der Waals surface area contributed by atoms with Crippen molar-refractivity contribution in [1.82, 2.24) is 9.97 Å². The first kappa shape index (κ1) is 15.1. The Morgan fingerprint density at radius 2 is 2.00 bits per heavy atom. The zero-order valence-corrected chi connectivity index (χ0v) is 13.1. The van der Waals surface area contributed by atoms with Crippen LogP contribution in [0, 0.1) is 0 Å². The minimum absolute atomic E-state index is 0.0312. The second-order valence-electron chi connectivity index (χ2n) is 4.79. The molecule has 1 aromatic carbocycles. The summed E-state index contributed by atoms with van der Waals surface area (Å²) in [5.74, 6) is -0.701. The van der Waals surface area contributed by atoms with Crippen molar-refractivity contribution < 1.29 is 14.3 Å². The van der Waals surface area contributed by atoms with Crippen LogP contribution < -0.4 is 5.32 Å². The first-order valence-corrected chi connectivity index (χ1v) is 7.75. The number of hydrogen-bond acceptors (Lipinski definition) is 6. The van der Waals surface area contributed by atoms with Gasteiger partial charge in [0.25, 0.3) is 0 Å². The van der Waals surface area contributed by atoms with Crippen LogP contribution in [-0.2, 0) is 16.1 Å². The van der Waals surface area contributed by atoms with Crippen LogP contribution >= 0.6 is 11.3 Å². The Bertz CT molecular complexity index is 876. The van der Waals surface area contributed by atoms with E-state index in [9.17, 15) is 9.59 Å². The molecule has 0 fully saturated rings. The summed E-state index contributed by atoms with van der Waals surface area (Å²) in [4.78, 5) is 31.4. The Morgan fingerprint density at radius 3 is 2.83 bits per heavy atom. The molecule has 0 radical (unpaired) electrons. The molecular weight excluding hydrogens is 314 g/mol. The standard InChI is InChI=1S/C16H13N3O3S/c1-10(20)17-16-18-12(9-23-16)8-22-15(21)14-7-6-11-4-2-3-5-13(11)19-14/h2-7,9H,8H2,1H3,(H,17,18,20). The van der Waals surface area contributed by atoms with E-state index in [1.165, 1.54) is 18.3 Å². The number of ether oxygens (including phenoxy) is 1. The summed E-state index contributed by atoms with van der Waals surface area (Å²) in [5, 5.41) is 5.75. The Kier molecular flexibility index (Phi) is 4.29. The van der Waals surface area contributed by atoms with Crippen molar-refractivity contribution in [3.8, 4) is 0 Å². The quantitative estimate of drug-likeness (QED) is 0.745. The molecule has 6 nitrogen and oxygen atoms in total. The molecule has 1 amide bonds. The number of esters is 1. The van der Waals surface area contributed by atoms with Crippen molar-refractivity contribution in [2.45, 2.75) is 13.5 Å². The number of aromatic nitrogens is 2. The van der Waals surface area contributed by atoms with Crippen molar-refractivity contribution in [1.29, 1.82) is 0 Å². The van der Waals surface area contributed by atoms with E-state index in [1.54, 1.807) is 11.4 Å². The van der Waals surface area contributed by atoms with E-state index < -0.39 is 5.97 Å². The van der Waals surface area contributed by atoms with E-state index in [0.29, 0.717) is 10.8 Å². The number of pyridine rings is 1. The lowest BCUT2D eigenvalue weighted by molar-refractivity contribution is -0.114. The average Bonchev–Trinajstić information content (AvgIpc) is 2.98. The van der Waals surface area contributed by atoms with Crippen LogP contribution in [0.15, 0.2) is 41.8 Å². The van der Waals surface area contributed by atoms with Crippen LogP contribution in [0.4, 0.5) is 5.13 Å². The fraction of sp³-hybridized carbons (Fsp3) is 0.125. The van der Waals surface area contributed by atoms with Crippen molar-refractivity contribution >= 4 is 39.2 Å². The third-order valence-electron chi connectivity index (χ3n) is 2.99. The lowest BCUT2D eigenvalue weighted by Crippen LogP contribution is -2.08. The molecule has 1 N–H and O–H groups in total. The first-order valence-electron chi connectivity index (χ1n) is 6.87. The number of para-hydroxylation sites is 1. The summed E-state index contributed by atoms with van der Waals surface area (Å²) >= 11 is 1.28. The molecule has 0 spiro atoms. The summed E-state index contributed by atoms with van der Waals surface area (Å²) in [5.41, 5.74) is 1.57. The Hall–Kier alpha value is -2.80. The molecule has 0 saturated carbocycles. The SMILES string of the molecule is CC(=O)Nc1nc(COC(=O)c2ccc3ccccc3n2)cs1. The number of anilines is 1. The van der Waals surface area contributed by atoms with Crippen LogP contribution in [-0.4, -0.2) is 21.8 Å². The normalized spacial score (nSPS) is 10.5. The summed E-state index contributed by atoms with van der Waals surface area (Å²) in [6.07, 6.45) is 0. The van der Waals surface area contributed by atoms with Crippen molar-refractivity contribution in [2.75, 3.05) is 5.32 Å². The van der Waals surface area contributed by atoms with E-state index in [4.69, 9.17) is 4.74 Å². The number of fused-ring (bicyclic) bond motifs is 1. The average molecular weight is 327 g/mol. The van der Waals surface area contributed by atoms with Gasteiger partial charge in [-0.2, -0.15) is 0 Å². The van der Waals surface area contributed by atoms with Crippen molar-refractivity contribution in [3.05, 3.63) is 53.2 Å². The fourth-order valence-corrected chi connectivity index (χ4v) is 2.72. The number of carbonyl (C=O) groups excluding carboxylic acids is 2. The number of hydrogen-bond donors (Lipinski definition) is 1. The Balaban J connectivity index is 1.66. The van der Waals surface area contributed by atoms with Crippen LogP contribution in [0.2, 0.25) is 0 Å². The molecule has 0 saturated heterocycles. The Morgan fingerprint density at radius 1 is 1.17 bits per heavy atom. The molecular formula is C16H13N3O3S. The molecule has 0 bridgehead atoms. The number of benzene rings is 1. The topological polar surface area (TPSA) is 81.2 Å². The number of amides is 1. The van der Waals surface area contributed by atoms with E-state index in [-0.39, 0.29) is 18.2 Å². The van der Waals surface area contributed by atoms with Gasteiger partial charge in [-0.15, -0.1) is 11.3 Å². The van der Waals surface area contributed by atoms with E-state index in [1.807, 2.05) is 30.3 Å². The zero-order valence-electron chi connectivity index (χ0n) is 12.3. The van der Waals surface area contributed by atoms with Gasteiger partial charge < -0.3 is 10.1 Å². The number of carbonyl (C=O) groups is 2. The monoisotopic (exact) mass is 327 g/mol. The lowest BCUT2D eigenvalue weighted by Gasteiger charge is -2.03. The second kappa shape index (κ2) is 6.53. The number of nitrogens with one attached hydrogen (secondary N) is 1. The van der Waals surface area contributed by atoms with Crippen LogP contribution in [0.25, 0.3) is 10.9 Å². The molecule has 0 aliphatic rings. The molecule has 2 aromatic heterocycles. The van der Waals surface area contributed by atoms with Gasteiger partial charge >= 0.3 is 5.97 Å². The highest BCUT2D eigenvalue weighted by molar-refractivity contribution is 7.13. The lowest BCUT2D eigenvalue weighted by atomic mass is 10.2. The van der Waals surface area contributed by atoms with Crippen molar-refractivity contribution in [2.24, 2.45) is 0 Å². The van der Waals surface area contributed by atoms with Crippen LogP contribution in [0.3, 0.4) is 0 Å². The number of thiazole rings is 1. The maximum absolute atomic E-state index is 12.1. The zero-order chi connectivity index (χ0) is 16.2. The van der Waals surface area contributed by atoms with Gasteiger partial charge in [-0.1, -0.05) is 24.3 Å². The minimum Gasteiger partial charge on any atom is -0.454 e. The predicted octanol–water partition coefficient (Wildman–Crippen LogP) is 3.01. The summed E-state index contributed by atoms with van der Waals surface area (Å²) < 4.78 is 5.21. The summed E-state index contributed by atoms with van der Waals surface area (Å²) in [6, 6.07) is 11.0. The molecule has 2 heterocycles. The highest BCUT2D eigenvalue weighted by atomic mass is 32.1. The van der Waals surface area contributed by atoms with Gasteiger partial charge in [0.2, 0.25) is 5.91 Å². The Labute approximate surface area is 136 Å². The van der Waals surface area contributed by atoms with E-state index >= 15 is 0 Å². The van der Waals surface area contributed by atoms with Crippen LogP contribution in [0.1, 0.15) is 23.1 Å². The third kappa shape index (κ3) is 3.70. The molecule has 0 atom stereocenters. The van der Waals surface area contributed by atoms with Gasteiger partial charge in [0.15, 0.2) is 5.13 Å². The van der Waals surface area contributed by atoms with Gasteiger partial charge in [-0.3, -0.25) is 4.79 Å². The molecule has 7 heteroatoms. The minimum atomic E-state index is -0.509. The molecule has 0 aliphatic heterocycles. The van der Waals surface area contributed by atoms with E-state index in [0.717, 1.165) is 10.9 Å². The van der Waals surface area contributed by atoms with Crippen LogP contribution in [0.5, 0.6) is 0 Å². The second-order valence-corrected chi connectivity index (χ2v) is 5.65. The first-order chi connectivity index (χ1) is 11.1. The van der Waals surface area contributed by atoms with E-state index in [2.05, 4.69) is 15.3 Å². The molecule has 0 unspecified atom stereocenters. The van der Waals surface area contributed by atoms with Gasteiger partial charge in [-0.25, -0.2) is 14.8 Å². The molecule has 3 rings (SSSR count). The summed E-state index contributed by atoms with van der Waals surface area (Å²) in [6.45, 7) is 1.44. The highest BCUT2D eigenvalue weighted by Crippen LogP contribution is 2.17. The van der Waals surface area contributed by atoms with Gasteiger partial charge in [0.05, 0.1) is 11.2 Å². The van der Waals surface area contributed by atoms with Gasteiger partial charge in [-0.05, 0) is 12.1 Å². The van der Waals surface area contributed by atoms with Crippen molar-refractivity contribution in [3.63, 3.8) is 0 Å². The molecule has 116 valence electrons. The molecule has 3 aromatic rings. The summed E-state index contributed by atoms with van der Waals surface area (Å²) in [7, 11) is 0. The molecule has 23 heavy (non-hydrogen) atoms. The largest absolute Gasteiger partial charge is 0.454 e. The third-order valence-corrected chi connectivity index (χ3v) is 3.80. The number of nitrogens with zero attached hydrogens (tertiary/aromatic N) is 2. The fourth-order valence-electron chi connectivity index (χ4n) is 1.97.